The van der Waals surface area contributed by atoms with Crippen LogP contribution in [-0.4, -0.2) is 32.7 Å². The van der Waals surface area contributed by atoms with Crippen LogP contribution in [0.15, 0.2) is 70.9 Å². The van der Waals surface area contributed by atoms with Crippen LogP contribution in [0.5, 0.6) is 0 Å². The van der Waals surface area contributed by atoms with Gasteiger partial charge in [-0.25, -0.2) is 14.5 Å². The first kappa shape index (κ1) is 21.1. The molecule has 0 atom stereocenters. The summed E-state index contributed by atoms with van der Waals surface area (Å²) in [6.07, 6.45) is 5.25. The number of thioether (sulfide) groups is 1. The standard InChI is InChI=1S/C20H20FN7OS/c21-17-10-8-16(9-11-17)13-23-18(29)14-30-20-27-26-19(28(20)22)25-24-12-4-7-15-5-2-1-3-6-15/h1-12H,13-14,22H2,(H,23,29)(H,25,26)/b7-4+,24-12+. The molecule has 0 spiro atoms. The van der Waals surface area contributed by atoms with Crippen LogP contribution in [0.1, 0.15) is 11.1 Å². The summed E-state index contributed by atoms with van der Waals surface area (Å²) in [5.74, 6) is 5.76. The summed E-state index contributed by atoms with van der Waals surface area (Å²) < 4.78 is 14.1. The Morgan fingerprint density at radius 1 is 1.17 bits per heavy atom. The van der Waals surface area contributed by atoms with Crippen LogP contribution >= 0.6 is 11.8 Å². The number of amides is 1. The number of halogens is 1. The van der Waals surface area contributed by atoms with Gasteiger partial charge in [0.1, 0.15) is 5.82 Å². The Morgan fingerprint density at radius 3 is 2.70 bits per heavy atom. The second-order valence-corrected chi connectivity index (χ2v) is 6.97. The number of hydrazone groups is 1. The van der Waals surface area contributed by atoms with Crippen LogP contribution in [0.25, 0.3) is 6.08 Å². The Kier molecular flexibility index (Phi) is 7.56. The lowest BCUT2D eigenvalue weighted by atomic mass is 10.2. The monoisotopic (exact) mass is 425 g/mol. The maximum Gasteiger partial charge on any atom is 0.264 e. The third-order valence-electron chi connectivity index (χ3n) is 3.81. The first-order chi connectivity index (χ1) is 14.6. The molecule has 0 saturated carbocycles. The number of nitrogen functional groups attached to an aromatic ring is 1. The van der Waals surface area contributed by atoms with Gasteiger partial charge in [-0.15, -0.1) is 10.2 Å². The Bertz CT molecular complexity index is 1020. The molecule has 0 fully saturated rings. The number of aromatic nitrogens is 3. The topological polar surface area (TPSA) is 110 Å². The van der Waals surface area contributed by atoms with Gasteiger partial charge in [-0.05, 0) is 29.3 Å². The molecule has 0 bridgehead atoms. The second kappa shape index (κ2) is 10.8. The molecule has 1 heterocycles. The molecule has 0 unspecified atom stereocenters. The fraction of sp³-hybridized carbons (Fsp3) is 0.100. The van der Waals surface area contributed by atoms with Gasteiger partial charge in [-0.3, -0.25) is 4.79 Å². The van der Waals surface area contributed by atoms with E-state index in [9.17, 15) is 9.18 Å². The lowest BCUT2D eigenvalue weighted by Crippen LogP contribution is -2.25. The molecule has 0 saturated heterocycles. The molecule has 2 aromatic carbocycles. The van der Waals surface area contributed by atoms with Crippen molar-refractivity contribution in [2.45, 2.75) is 11.7 Å². The van der Waals surface area contributed by atoms with Crippen LogP contribution in [0.2, 0.25) is 0 Å². The highest BCUT2D eigenvalue weighted by Gasteiger charge is 2.11. The second-order valence-electron chi connectivity index (χ2n) is 6.03. The largest absolute Gasteiger partial charge is 0.351 e. The first-order valence-electron chi connectivity index (χ1n) is 8.97. The number of rotatable bonds is 9. The molecule has 154 valence electrons. The third-order valence-corrected chi connectivity index (χ3v) is 4.76. The minimum absolute atomic E-state index is 0.111. The quantitative estimate of drug-likeness (QED) is 0.210. The van der Waals surface area contributed by atoms with E-state index >= 15 is 0 Å². The van der Waals surface area contributed by atoms with E-state index in [1.165, 1.54) is 16.8 Å². The van der Waals surface area contributed by atoms with E-state index in [0.717, 1.165) is 22.9 Å². The van der Waals surface area contributed by atoms with E-state index in [2.05, 4.69) is 26.0 Å². The molecule has 4 N–H and O–H groups in total. The van der Waals surface area contributed by atoms with Crippen molar-refractivity contribution in [3.8, 4) is 0 Å². The van der Waals surface area contributed by atoms with Gasteiger partial charge in [-0.2, -0.15) is 5.10 Å². The van der Waals surface area contributed by atoms with Crippen LogP contribution in [0.3, 0.4) is 0 Å². The highest BCUT2D eigenvalue weighted by atomic mass is 32.2. The molecule has 10 heteroatoms. The fourth-order valence-electron chi connectivity index (χ4n) is 2.29. The lowest BCUT2D eigenvalue weighted by molar-refractivity contribution is -0.118. The predicted molar refractivity (Wildman–Crippen MR) is 117 cm³/mol. The van der Waals surface area contributed by atoms with Crippen LogP contribution in [0, 0.1) is 5.82 Å². The van der Waals surface area contributed by atoms with Gasteiger partial charge in [0.2, 0.25) is 11.1 Å². The number of benzene rings is 2. The molecule has 0 aliphatic carbocycles. The molecule has 3 aromatic rings. The average Bonchev–Trinajstić information content (AvgIpc) is 3.12. The van der Waals surface area contributed by atoms with Gasteiger partial charge in [0.25, 0.3) is 5.95 Å². The normalized spacial score (nSPS) is 11.2. The molecule has 8 nitrogen and oxygen atoms in total. The number of anilines is 1. The van der Waals surface area contributed by atoms with Crippen molar-refractivity contribution in [2.75, 3.05) is 17.0 Å². The van der Waals surface area contributed by atoms with Crippen LogP contribution in [0.4, 0.5) is 10.3 Å². The van der Waals surface area contributed by atoms with Crippen molar-refractivity contribution in [1.29, 1.82) is 0 Å². The van der Waals surface area contributed by atoms with Gasteiger partial charge in [0.15, 0.2) is 0 Å². The third kappa shape index (κ3) is 6.45. The van der Waals surface area contributed by atoms with E-state index in [4.69, 9.17) is 5.84 Å². The zero-order valence-corrected chi connectivity index (χ0v) is 16.7. The van der Waals surface area contributed by atoms with Crippen molar-refractivity contribution in [2.24, 2.45) is 5.10 Å². The maximum atomic E-state index is 12.9. The average molecular weight is 425 g/mol. The van der Waals surface area contributed by atoms with Crippen molar-refractivity contribution in [3.05, 3.63) is 77.6 Å². The minimum Gasteiger partial charge on any atom is -0.351 e. The number of hydrogen-bond donors (Lipinski definition) is 3. The SMILES string of the molecule is Nn1c(N/N=C/C=C/c2ccccc2)nnc1SCC(=O)NCc1ccc(F)cc1. The van der Waals surface area contributed by atoms with Gasteiger partial charge in [0, 0.05) is 12.8 Å². The summed E-state index contributed by atoms with van der Waals surface area (Å²) in [6, 6.07) is 15.7. The summed E-state index contributed by atoms with van der Waals surface area (Å²) in [5, 5.41) is 15.0. The molecule has 0 radical (unpaired) electrons. The Labute approximate surface area is 177 Å². The molecule has 1 aromatic heterocycles. The number of hydrogen-bond acceptors (Lipinski definition) is 7. The van der Waals surface area contributed by atoms with Gasteiger partial charge >= 0.3 is 0 Å². The van der Waals surface area contributed by atoms with E-state index in [0.29, 0.717) is 11.7 Å². The number of carbonyl (C=O) groups is 1. The number of nitrogens with two attached hydrogens (primary N) is 1. The van der Waals surface area contributed by atoms with E-state index < -0.39 is 0 Å². The van der Waals surface area contributed by atoms with E-state index in [1.807, 2.05) is 36.4 Å². The predicted octanol–water partition coefficient (Wildman–Crippen LogP) is 2.65. The lowest BCUT2D eigenvalue weighted by Gasteiger charge is -2.05. The Hall–Kier alpha value is -3.66. The molecule has 30 heavy (non-hydrogen) atoms. The Morgan fingerprint density at radius 2 is 1.93 bits per heavy atom. The highest BCUT2D eigenvalue weighted by molar-refractivity contribution is 7.99. The number of nitrogens with one attached hydrogen (secondary N) is 2. The van der Waals surface area contributed by atoms with Gasteiger partial charge in [0.05, 0.1) is 5.75 Å². The first-order valence-corrected chi connectivity index (χ1v) is 9.95. The van der Waals surface area contributed by atoms with Crippen molar-refractivity contribution in [1.82, 2.24) is 20.2 Å². The number of allylic oxidation sites excluding steroid dienone is 1. The van der Waals surface area contributed by atoms with Crippen molar-refractivity contribution < 1.29 is 9.18 Å². The molecular formula is C20H20FN7OS. The van der Waals surface area contributed by atoms with Crippen LogP contribution in [-0.2, 0) is 11.3 Å². The summed E-state index contributed by atoms with van der Waals surface area (Å²) in [5.41, 5.74) is 4.56. The highest BCUT2D eigenvalue weighted by Crippen LogP contribution is 2.16. The summed E-state index contributed by atoms with van der Waals surface area (Å²) in [6.45, 7) is 0.313. The number of carbonyl (C=O) groups excluding carboxylic acids is 1. The zero-order valence-electron chi connectivity index (χ0n) is 15.9. The summed E-state index contributed by atoms with van der Waals surface area (Å²) in [7, 11) is 0. The van der Waals surface area contributed by atoms with Gasteiger partial charge < -0.3 is 11.2 Å². The van der Waals surface area contributed by atoms with E-state index in [1.54, 1.807) is 24.4 Å². The molecular weight excluding hydrogens is 405 g/mol. The van der Waals surface area contributed by atoms with Crippen LogP contribution < -0.4 is 16.6 Å². The summed E-state index contributed by atoms with van der Waals surface area (Å²) in [4.78, 5) is 12.0. The zero-order chi connectivity index (χ0) is 21.2. The molecule has 1 amide bonds. The van der Waals surface area contributed by atoms with Crippen molar-refractivity contribution in [3.63, 3.8) is 0 Å². The maximum absolute atomic E-state index is 12.9. The number of nitrogens with zero attached hydrogens (tertiary/aromatic N) is 4. The molecule has 0 aliphatic heterocycles. The Balaban J connectivity index is 1.43. The fourth-order valence-corrected chi connectivity index (χ4v) is 2.98. The molecule has 3 rings (SSSR count). The minimum atomic E-state index is -0.316. The molecule has 0 aliphatic rings. The van der Waals surface area contributed by atoms with E-state index in [-0.39, 0.29) is 23.4 Å². The van der Waals surface area contributed by atoms with Gasteiger partial charge in [-0.1, -0.05) is 60.3 Å². The smallest absolute Gasteiger partial charge is 0.264 e. The summed E-state index contributed by atoms with van der Waals surface area (Å²) >= 11 is 1.14. The van der Waals surface area contributed by atoms with Crippen molar-refractivity contribution >= 4 is 35.9 Å².